The summed E-state index contributed by atoms with van der Waals surface area (Å²) in [5, 5.41) is 17.0. The minimum Gasteiger partial charge on any atom is -0.507 e. The van der Waals surface area contributed by atoms with E-state index in [4.69, 9.17) is 0 Å². The molecular formula is C18H14F3IN3O3P. The Morgan fingerprint density at radius 3 is 2.59 bits per heavy atom. The van der Waals surface area contributed by atoms with Crippen LogP contribution in [0.25, 0.3) is 11.3 Å². The van der Waals surface area contributed by atoms with Gasteiger partial charge in [-0.3, -0.25) is 4.79 Å². The number of rotatable bonds is 6. The third-order valence-corrected chi connectivity index (χ3v) is 5.68. The van der Waals surface area contributed by atoms with Gasteiger partial charge in [0.1, 0.15) is 11.5 Å². The zero-order valence-electron chi connectivity index (χ0n) is 14.6. The van der Waals surface area contributed by atoms with E-state index < -0.39 is 18.0 Å². The number of aromatic hydroxyl groups is 1. The largest absolute Gasteiger partial charge is 0.573 e. The van der Waals surface area contributed by atoms with Crippen molar-refractivity contribution in [2.45, 2.75) is 12.9 Å². The van der Waals surface area contributed by atoms with Crippen molar-refractivity contribution in [1.82, 2.24) is 14.9 Å². The van der Waals surface area contributed by atoms with Crippen molar-refractivity contribution in [2.24, 2.45) is 0 Å². The van der Waals surface area contributed by atoms with E-state index in [9.17, 15) is 23.1 Å². The number of benzene rings is 2. The number of para-hydroxylation sites is 2. The average Bonchev–Trinajstić information content (AvgIpc) is 3.09. The predicted molar refractivity (Wildman–Crippen MR) is 111 cm³/mol. The van der Waals surface area contributed by atoms with E-state index in [0.29, 0.717) is 17.0 Å². The predicted octanol–water partition coefficient (Wildman–Crippen LogP) is 4.88. The van der Waals surface area contributed by atoms with Crippen LogP contribution < -0.4 is 10.1 Å². The molecule has 3 aromatic rings. The highest BCUT2D eigenvalue weighted by Crippen LogP contribution is 2.35. The SMILES string of the molecule is O=C(NCc1cc(-c2ccccc2O)n(PI)n1)c1ccccc1OC(F)(F)F. The molecule has 11 heteroatoms. The van der Waals surface area contributed by atoms with Crippen molar-refractivity contribution in [3.05, 3.63) is 65.9 Å². The molecule has 0 saturated heterocycles. The summed E-state index contributed by atoms with van der Waals surface area (Å²) in [4.78, 5) is 12.4. The number of hydrogen-bond donors (Lipinski definition) is 2. The van der Waals surface area contributed by atoms with Crippen molar-refractivity contribution >= 4 is 34.3 Å². The van der Waals surface area contributed by atoms with Crippen molar-refractivity contribution in [1.29, 1.82) is 0 Å². The van der Waals surface area contributed by atoms with Crippen LogP contribution in [0, 0.1) is 0 Å². The molecule has 0 bridgehead atoms. The molecule has 0 aliphatic heterocycles. The number of hydrogen-bond acceptors (Lipinski definition) is 4. The van der Waals surface area contributed by atoms with Crippen LogP contribution in [0.5, 0.6) is 11.5 Å². The molecule has 0 radical (unpaired) electrons. The number of carbonyl (C=O) groups is 1. The first-order valence-corrected chi connectivity index (χ1v) is 12.2. The van der Waals surface area contributed by atoms with Crippen molar-refractivity contribution in [3.8, 4) is 22.8 Å². The fourth-order valence-electron chi connectivity index (χ4n) is 2.60. The van der Waals surface area contributed by atoms with Gasteiger partial charge in [-0.2, -0.15) is 5.10 Å². The van der Waals surface area contributed by atoms with E-state index in [-0.39, 0.29) is 24.2 Å². The number of phenols is 1. The monoisotopic (exact) mass is 535 g/mol. The van der Waals surface area contributed by atoms with Gasteiger partial charge in [0.05, 0.1) is 29.9 Å². The number of nitrogens with one attached hydrogen (secondary N) is 1. The normalized spacial score (nSPS) is 11.7. The van der Waals surface area contributed by atoms with E-state index in [0.717, 1.165) is 6.07 Å². The maximum atomic E-state index is 12.5. The molecule has 2 aromatic carbocycles. The highest BCUT2D eigenvalue weighted by molar-refractivity contribution is 14.2. The minimum atomic E-state index is -4.90. The lowest BCUT2D eigenvalue weighted by molar-refractivity contribution is -0.274. The molecule has 1 amide bonds. The number of ether oxygens (including phenoxy) is 1. The van der Waals surface area contributed by atoms with Gasteiger partial charge < -0.3 is 15.2 Å². The van der Waals surface area contributed by atoms with Crippen LogP contribution in [0.3, 0.4) is 0 Å². The molecule has 0 saturated carbocycles. The summed E-state index contributed by atoms with van der Waals surface area (Å²) in [6, 6.07) is 13.6. The first kappa shape index (κ1) is 21.4. The fourth-order valence-corrected chi connectivity index (χ4v) is 4.14. The van der Waals surface area contributed by atoms with Crippen LogP contribution in [0.1, 0.15) is 16.1 Å². The Morgan fingerprint density at radius 2 is 1.90 bits per heavy atom. The molecule has 1 heterocycles. The molecular weight excluding hydrogens is 521 g/mol. The number of phenolic OH excluding ortho intramolecular Hbond substituents is 1. The lowest BCUT2D eigenvalue weighted by Crippen LogP contribution is -2.25. The molecule has 0 aliphatic carbocycles. The Bertz CT molecular complexity index is 1030. The minimum absolute atomic E-state index is 0.00605. The molecule has 0 spiro atoms. The lowest BCUT2D eigenvalue weighted by Gasteiger charge is -2.12. The standard InChI is InChI=1S/C18H14F3IN3O3P/c19-18(20,21)28-16-8-4-2-6-13(16)17(27)23-10-11-9-14(25(24-11)29-22)12-5-1-3-7-15(12)26/h1-9,26,29H,10H2,(H,23,27). The molecule has 1 unspecified atom stereocenters. The summed E-state index contributed by atoms with van der Waals surface area (Å²) in [6.07, 6.45) is -4.66. The second-order valence-corrected chi connectivity index (χ2v) is 7.80. The molecule has 2 N–H and O–H groups in total. The van der Waals surface area contributed by atoms with Gasteiger partial charge in [-0.05, 0) is 52.4 Å². The summed E-state index contributed by atoms with van der Waals surface area (Å²) in [6.45, 7) is -0.00605. The number of alkyl halides is 3. The van der Waals surface area contributed by atoms with Crippen LogP contribution >= 0.6 is 28.4 Å². The number of halogens is 4. The molecule has 0 fully saturated rings. The summed E-state index contributed by atoms with van der Waals surface area (Å²) < 4.78 is 43.2. The topological polar surface area (TPSA) is 76.4 Å². The highest BCUT2D eigenvalue weighted by Gasteiger charge is 2.32. The number of amides is 1. The van der Waals surface area contributed by atoms with Gasteiger partial charge in [-0.25, -0.2) is 4.45 Å². The van der Waals surface area contributed by atoms with Crippen LogP contribution in [-0.4, -0.2) is 26.9 Å². The van der Waals surface area contributed by atoms with Crippen LogP contribution in [0.4, 0.5) is 13.2 Å². The van der Waals surface area contributed by atoms with Crippen LogP contribution in [0.15, 0.2) is 54.6 Å². The van der Waals surface area contributed by atoms with Crippen molar-refractivity contribution in [3.63, 3.8) is 0 Å². The van der Waals surface area contributed by atoms with Gasteiger partial charge in [0.15, 0.2) is 0 Å². The van der Waals surface area contributed by atoms with Gasteiger partial charge in [-0.15, -0.1) is 13.2 Å². The number of aromatic nitrogens is 2. The first-order chi connectivity index (χ1) is 13.8. The summed E-state index contributed by atoms with van der Waals surface area (Å²) in [5.74, 6) is -1.20. The molecule has 3 rings (SSSR count). The van der Waals surface area contributed by atoms with E-state index in [1.165, 1.54) is 18.2 Å². The smallest absolute Gasteiger partial charge is 0.507 e. The molecule has 29 heavy (non-hydrogen) atoms. The van der Waals surface area contributed by atoms with Gasteiger partial charge in [0.25, 0.3) is 5.91 Å². The highest BCUT2D eigenvalue weighted by atomic mass is 127. The molecule has 1 atom stereocenters. The van der Waals surface area contributed by atoms with Crippen LogP contribution in [0.2, 0.25) is 0 Å². The summed E-state index contributed by atoms with van der Waals surface area (Å²) >= 11 is 2.13. The quantitative estimate of drug-likeness (QED) is 0.349. The van der Waals surface area contributed by atoms with Crippen LogP contribution in [-0.2, 0) is 6.54 Å². The Morgan fingerprint density at radius 1 is 1.21 bits per heavy atom. The lowest BCUT2D eigenvalue weighted by atomic mass is 10.1. The van der Waals surface area contributed by atoms with E-state index in [1.54, 1.807) is 34.8 Å². The number of nitrogens with zero attached hydrogens (tertiary/aromatic N) is 2. The van der Waals surface area contributed by atoms with Crippen molar-refractivity contribution < 1.29 is 27.8 Å². The fraction of sp³-hybridized carbons (Fsp3) is 0.111. The Labute approximate surface area is 178 Å². The molecule has 1 aromatic heterocycles. The summed E-state index contributed by atoms with van der Waals surface area (Å²) in [5.41, 5.74) is 1.52. The Balaban J connectivity index is 1.78. The zero-order valence-corrected chi connectivity index (χ0v) is 17.7. The Kier molecular flexibility index (Phi) is 6.63. The van der Waals surface area contributed by atoms with E-state index in [2.05, 4.69) is 37.2 Å². The summed E-state index contributed by atoms with van der Waals surface area (Å²) in [7, 11) is 0. The second kappa shape index (κ2) is 9.00. The van der Waals surface area contributed by atoms with Gasteiger partial charge in [0.2, 0.25) is 0 Å². The maximum absolute atomic E-state index is 12.5. The first-order valence-electron chi connectivity index (χ1n) is 8.15. The number of carbonyl (C=O) groups excluding carboxylic acids is 1. The second-order valence-electron chi connectivity index (χ2n) is 5.76. The van der Waals surface area contributed by atoms with Crippen molar-refractivity contribution in [2.75, 3.05) is 0 Å². The van der Waals surface area contributed by atoms with Gasteiger partial charge >= 0.3 is 6.36 Å². The molecule has 0 aliphatic rings. The zero-order chi connectivity index (χ0) is 21.0. The van der Waals surface area contributed by atoms with Gasteiger partial charge in [-0.1, -0.05) is 24.3 Å². The molecule has 6 nitrogen and oxygen atoms in total. The van der Waals surface area contributed by atoms with Gasteiger partial charge in [0, 0.05) is 5.56 Å². The third-order valence-electron chi connectivity index (χ3n) is 3.81. The molecule has 152 valence electrons. The Hall–Kier alpha value is -2.33. The maximum Gasteiger partial charge on any atom is 0.573 e. The third kappa shape index (κ3) is 5.39. The van der Waals surface area contributed by atoms with E-state index >= 15 is 0 Å². The average molecular weight is 535 g/mol. The van der Waals surface area contributed by atoms with E-state index in [1.807, 2.05) is 0 Å².